The molecule has 0 fully saturated rings. The first kappa shape index (κ1) is 37.0. The van der Waals surface area contributed by atoms with Crippen LogP contribution < -0.4 is 0 Å². The highest BCUT2D eigenvalue weighted by Gasteiger charge is 2.74. The van der Waals surface area contributed by atoms with Crippen LogP contribution in [0.2, 0.25) is 131 Å². The lowest BCUT2D eigenvalue weighted by atomic mass is 11.8. The van der Waals surface area contributed by atoms with Crippen LogP contribution in [0.15, 0.2) is 0 Å². The lowest BCUT2D eigenvalue weighted by molar-refractivity contribution is 0.507. The Kier molecular flexibility index (Phi) is 12.1. The normalized spacial score (nSPS) is 16.5. The molecule has 0 amide bonds. The van der Waals surface area contributed by atoms with Crippen LogP contribution in [-0.2, 0) is 20.6 Å². The summed E-state index contributed by atoms with van der Waals surface area (Å²) in [5.41, 5.74) is 0. The lowest BCUT2D eigenvalue weighted by Crippen LogP contribution is -2.91. The van der Waals surface area contributed by atoms with Gasteiger partial charge in [-0.1, -0.05) is 0 Å². The van der Waals surface area contributed by atoms with E-state index in [-0.39, 0.29) is 0 Å². The van der Waals surface area contributed by atoms with E-state index < -0.39 is 80.8 Å². The van der Waals surface area contributed by atoms with Crippen LogP contribution in [0.3, 0.4) is 0 Å². The van der Waals surface area contributed by atoms with E-state index in [9.17, 15) is 0 Å². The Labute approximate surface area is 231 Å². The Bertz CT molecular complexity index is 632. The van der Waals surface area contributed by atoms with Gasteiger partial charge in [-0.15, -0.1) is 0 Å². The molecular weight excluding hydrogens is 601 g/mol. The Morgan fingerprint density at radius 1 is 0.343 bits per heavy atom. The van der Waals surface area contributed by atoms with Crippen LogP contribution in [0, 0.1) is 0 Å². The maximum atomic E-state index is 7.79. The van der Waals surface area contributed by atoms with E-state index in [0.29, 0.717) is 0 Å². The molecule has 0 radical (unpaired) electrons. The third-order valence-electron chi connectivity index (χ3n) is 5.45. The van der Waals surface area contributed by atoms with Gasteiger partial charge in [0, 0.05) is 0 Å². The van der Waals surface area contributed by atoms with Gasteiger partial charge in [0.25, 0.3) is 0 Å². The van der Waals surface area contributed by atoms with Crippen LogP contribution in [-0.4, -0.2) is 80.8 Å². The standard InChI is InChI=1S/C20H62O5Si10/c1-27(2,3)22-31(13,14)26-21-35(32(15,16)23-28(4,5)6,33(17,18)24-29(7,8)9)34(19,20)25-30(10,11)12/h26H2,1-20H3. The molecule has 0 bridgehead atoms. The number of hydrogen-bond donors (Lipinski definition) is 0. The summed E-state index contributed by atoms with van der Waals surface area (Å²) in [6, 6.07) is 0. The SMILES string of the molecule is C[Si](C)(C)O[Si](C)(C)[SiH2]O[Si]([Si](C)(C)O[Si](C)(C)C)([Si](C)(C)O[Si](C)(C)C)[Si](C)(C)O[Si](C)(C)C. The maximum absolute atomic E-state index is 7.79. The summed E-state index contributed by atoms with van der Waals surface area (Å²) < 4.78 is 36.6. The van der Waals surface area contributed by atoms with Gasteiger partial charge in [0.05, 0.1) is 0 Å². The predicted molar refractivity (Wildman–Crippen MR) is 183 cm³/mol. The van der Waals surface area contributed by atoms with Gasteiger partial charge in [0.1, 0.15) is 0 Å². The van der Waals surface area contributed by atoms with Crippen molar-refractivity contribution in [1.82, 2.24) is 0 Å². The summed E-state index contributed by atoms with van der Waals surface area (Å²) >= 11 is 0. The zero-order valence-corrected chi connectivity index (χ0v) is 37.7. The van der Waals surface area contributed by atoms with Crippen molar-refractivity contribution in [3.8, 4) is 0 Å². The summed E-state index contributed by atoms with van der Waals surface area (Å²) in [4.78, 5) is 0. The second-order valence-corrected chi connectivity index (χ2v) is 79.3. The Morgan fingerprint density at radius 2 is 0.571 bits per heavy atom. The predicted octanol–water partition coefficient (Wildman–Crippen LogP) is 6.99. The van der Waals surface area contributed by atoms with Gasteiger partial charge < -0.3 is 20.6 Å². The first-order valence-electron chi connectivity index (χ1n) is 13.2. The van der Waals surface area contributed by atoms with Gasteiger partial charge in [0.2, 0.25) is 6.87 Å². The molecular formula is C20H62O5Si10. The molecule has 0 saturated heterocycles. The number of rotatable bonds is 14. The molecule has 35 heavy (non-hydrogen) atoms. The van der Waals surface area contributed by atoms with Crippen molar-refractivity contribution >= 4 is 80.8 Å². The fourth-order valence-corrected chi connectivity index (χ4v) is 141. The van der Waals surface area contributed by atoms with Crippen molar-refractivity contribution in [2.75, 3.05) is 0 Å². The molecule has 0 aromatic rings. The monoisotopic (exact) mass is 662 g/mol. The maximum Gasteiger partial charge on any atom is 0.233 e. The van der Waals surface area contributed by atoms with E-state index in [4.69, 9.17) is 20.6 Å². The van der Waals surface area contributed by atoms with Gasteiger partial charge in [-0.2, -0.15) is 0 Å². The molecule has 5 nitrogen and oxygen atoms in total. The van der Waals surface area contributed by atoms with Gasteiger partial charge in [0.15, 0.2) is 73.9 Å². The molecule has 0 N–H and O–H groups in total. The molecule has 0 aliphatic heterocycles. The van der Waals surface area contributed by atoms with E-state index >= 15 is 0 Å². The highest BCUT2D eigenvalue weighted by molar-refractivity contribution is 7.86. The quantitative estimate of drug-likeness (QED) is 0.188. The molecule has 0 heterocycles. The first-order chi connectivity index (χ1) is 14.8. The zero-order chi connectivity index (χ0) is 28.7. The summed E-state index contributed by atoms with van der Waals surface area (Å²) in [5, 5.41) is 0. The van der Waals surface area contributed by atoms with Crippen LogP contribution in [0.4, 0.5) is 0 Å². The van der Waals surface area contributed by atoms with Crippen molar-refractivity contribution in [2.24, 2.45) is 0 Å². The zero-order valence-electron chi connectivity index (χ0n) is 27.2. The van der Waals surface area contributed by atoms with E-state index in [1.165, 1.54) is 0 Å². The van der Waals surface area contributed by atoms with Gasteiger partial charge >= 0.3 is 0 Å². The molecule has 0 unspecified atom stereocenters. The fourth-order valence-electron chi connectivity index (χ4n) is 6.35. The molecule has 212 valence electrons. The Balaban J connectivity index is 7.26. The van der Waals surface area contributed by atoms with Gasteiger partial charge in [-0.3, -0.25) is 0 Å². The molecule has 0 aliphatic rings. The van der Waals surface area contributed by atoms with Crippen LogP contribution in [0.1, 0.15) is 0 Å². The molecule has 0 aliphatic carbocycles. The Hall–Kier alpha value is 1.97. The van der Waals surface area contributed by atoms with Crippen LogP contribution in [0.25, 0.3) is 0 Å². The van der Waals surface area contributed by atoms with E-state index in [1.807, 2.05) is 0 Å². The third kappa shape index (κ3) is 11.5. The summed E-state index contributed by atoms with van der Waals surface area (Å²) in [7, 11) is -16.9. The van der Waals surface area contributed by atoms with E-state index in [0.717, 1.165) is 0 Å². The highest BCUT2D eigenvalue weighted by atomic mass is 30.0. The van der Waals surface area contributed by atoms with Crippen molar-refractivity contribution in [1.29, 1.82) is 0 Å². The smallest absolute Gasteiger partial charge is 0.233 e. The van der Waals surface area contributed by atoms with Gasteiger partial charge in [-0.25, -0.2) is 0 Å². The largest absolute Gasteiger partial charge is 0.461 e. The Morgan fingerprint density at radius 3 is 0.771 bits per heavy atom. The minimum absolute atomic E-state index is 0.920. The average Bonchev–Trinajstić information content (AvgIpc) is 2.34. The topological polar surface area (TPSA) is 46.2 Å². The van der Waals surface area contributed by atoms with E-state index in [1.54, 1.807) is 0 Å². The van der Waals surface area contributed by atoms with Crippen LogP contribution >= 0.6 is 0 Å². The third-order valence-corrected chi connectivity index (χ3v) is 90.8. The average molecular weight is 664 g/mol. The summed E-state index contributed by atoms with van der Waals surface area (Å²) in [5.74, 6) is 0. The second kappa shape index (κ2) is 11.5. The van der Waals surface area contributed by atoms with E-state index in [2.05, 4.69) is 131 Å². The molecule has 0 aromatic heterocycles. The molecule has 0 saturated carbocycles. The van der Waals surface area contributed by atoms with Crippen molar-refractivity contribution in [3.05, 3.63) is 0 Å². The first-order valence-corrected chi connectivity index (χ1v) is 46.3. The molecule has 0 atom stereocenters. The molecule has 0 spiro atoms. The number of hydrogen-bond acceptors (Lipinski definition) is 5. The van der Waals surface area contributed by atoms with Gasteiger partial charge in [-0.05, 0) is 131 Å². The lowest BCUT2D eigenvalue weighted by Gasteiger charge is -2.60. The molecule has 0 aromatic carbocycles. The summed E-state index contributed by atoms with van der Waals surface area (Å²) in [6.07, 6.45) is 0. The van der Waals surface area contributed by atoms with Crippen molar-refractivity contribution in [2.45, 2.75) is 131 Å². The van der Waals surface area contributed by atoms with Crippen molar-refractivity contribution < 1.29 is 20.6 Å². The van der Waals surface area contributed by atoms with Crippen LogP contribution in [0.5, 0.6) is 0 Å². The minimum atomic E-state index is -2.61. The molecule has 0 rings (SSSR count). The minimum Gasteiger partial charge on any atom is -0.461 e. The van der Waals surface area contributed by atoms with Crippen molar-refractivity contribution in [3.63, 3.8) is 0 Å². The highest BCUT2D eigenvalue weighted by Crippen LogP contribution is 2.43. The summed E-state index contributed by atoms with van der Waals surface area (Å²) in [6.45, 7) is 45.0. The fraction of sp³-hybridized carbons (Fsp3) is 1.00. The second-order valence-electron chi connectivity index (χ2n) is 16.1. The molecule has 15 heteroatoms.